The molecule has 1 unspecified atom stereocenters. The summed E-state index contributed by atoms with van der Waals surface area (Å²) in [5, 5.41) is 13.9. The number of non-ortho nitro benzene ring substituents is 1. The minimum atomic E-state index is -0.405. The fraction of sp³-hybridized carbons (Fsp3) is 0.278. The van der Waals surface area contributed by atoms with Gasteiger partial charge in [-0.15, -0.1) is 11.8 Å². The second-order valence-electron chi connectivity index (χ2n) is 5.85. The maximum atomic E-state index is 12.4. The van der Waals surface area contributed by atoms with Gasteiger partial charge in [-0.25, -0.2) is 0 Å². The molecule has 2 aromatic carbocycles. The van der Waals surface area contributed by atoms with Crippen molar-refractivity contribution in [3.8, 4) is 0 Å². The molecule has 0 saturated carbocycles. The van der Waals surface area contributed by atoms with Crippen LogP contribution in [-0.2, 0) is 4.79 Å². The summed E-state index contributed by atoms with van der Waals surface area (Å²) in [5.41, 5.74) is 1.70. The van der Waals surface area contributed by atoms with Crippen LogP contribution < -0.4 is 10.2 Å². The Kier molecular flexibility index (Phi) is 6.55. The third-order valence-electron chi connectivity index (χ3n) is 4.14. The van der Waals surface area contributed by atoms with Gasteiger partial charge in [-0.1, -0.05) is 24.3 Å². The molecule has 0 spiro atoms. The highest BCUT2D eigenvalue weighted by Crippen LogP contribution is 2.24. The molecule has 2 atom stereocenters. The minimum Gasteiger partial charge on any atom is -0.324 e. The molecule has 0 bridgehead atoms. The van der Waals surface area contributed by atoms with E-state index in [0.717, 1.165) is 21.0 Å². The average molecular weight is 360 g/mol. The highest BCUT2D eigenvalue weighted by Gasteiger charge is 2.21. The largest absolute Gasteiger partial charge is 0.324 e. The molecule has 2 aromatic rings. The van der Waals surface area contributed by atoms with Crippen molar-refractivity contribution in [3.63, 3.8) is 0 Å². The zero-order valence-corrected chi connectivity index (χ0v) is 15.3. The van der Waals surface area contributed by atoms with Crippen LogP contribution in [0.25, 0.3) is 0 Å². The van der Waals surface area contributed by atoms with Crippen LogP contribution >= 0.6 is 11.8 Å². The zero-order chi connectivity index (χ0) is 18.4. The number of nitro benzene ring substituents is 1. The maximum absolute atomic E-state index is 12.4. The third-order valence-corrected chi connectivity index (χ3v) is 4.94. The standard InChI is InChI=1S/C18H21N3O3S/c1-13(14-7-6-8-15(11-14)21(23)24)20(2)12-18(22)19-16-9-4-5-10-17(16)25-3/h4-11,13H,12H2,1-3H3,(H,19,22)/p+1/t13-/m0/s1. The van der Waals surface area contributed by atoms with Crippen LogP contribution in [-0.4, -0.2) is 30.7 Å². The van der Waals surface area contributed by atoms with Crippen molar-refractivity contribution < 1.29 is 14.6 Å². The Hall–Kier alpha value is -2.38. The number of benzene rings is 2. The van der Waals surface area contributed by atoms with Crippen molar-refractivity contribution in [1.82, 2.24) is 0 Å². The summed E-state index contributed by atoms with van der Waals surface area (Å²) < 4.78 is 0. The Morgan fingerprint density at radius 1 is 1.28 bits per heavy atom. The second-order valence-corrected chi connectivity index (χ2v) is 6.69. The van der Waals surface area contributed by atoms with E-state index in [4.69, 9.17) is 0 Å². The highest BCUT2D eigenvalue weighted by molar-refractivity contribution is 7.98. The lowest BCUT2D eigenvalue weighted by Crippen LogP contribution is -3.10. The second kappa shape index (κ2) is 8.64. The van der Waals surface area contributed by atoms with Gasteiger partial charge in [-0.2, -0.15) is 0 Å². The number of amides is 1. The number of nitro groups is 1. The van der Waals surface area contributed by atoms with Crippen molar-refractivity contribution in [1.29, 1.82) is 0 Å². The normalized spacial score (nSPS) is 13.1. The van der Waals surface area contributed by atoms with Gasteiger partial charge < -0.3 is 10.2 Å². The topological polar surface area (TPSA) is 76.7 Å². The molecule has 0 aliphatic carbocycles. The number of hydrogen-bond acceptors (Lipinski definition) is 4. The van der Waals surface area contributed by atoms with Crippen LogP contribution in [0, 0.1) is 10.1 Å². The molecule has 0 aliphatic heterocycles. The summed E-state index contributed by atoms with van der Waals surface area (Å²) in [4.78, 5) is 24.8. The Labute approximate surface area is 151 Å². The summed E-state index contributed by atoms with van der Waals surface area (Å²) in [5.74, 6) is -0.0868. The third kappa shape index (κ3) is 5.04. The smallest absolute Gasteiger partial charge is 0.279 e. The van der Waals surface area contributed by atoms with Crippen LogP contribution in [0.4, 0.5) is 11.4 Å². The summed E-state index contributed by atoms with van der Waals surface area (Å²) in [6.07, 6.45) is 1.97. The summed E-state index contributed by atoms with van der Waals surface area (Å²) in [6, 6.07) is 14.2. The van der Waals surface area contributed by atoms with Crippen LogP contribution in [0.5, 0.6) is 0 Å². The van der Waals surface area contributed by atoms with E-state index in [9.17, 15) is 14.9 Å². The monoisotopic (exact) mass is 360 g/mol. The molecule has 2 rings (SSSR count). The van der Waals surface area contributed by atoms with E-state index in [-0.39, 0.29) is 24.2 Å². The predicted octanol–water partition coefficient (Wildman–Crippen LogP) is 2.53. The first-order chi connectivity index (χ1) is 11.9. The number of quaternary nitrogens is 1. The van der Waals surface area contributed by atoms with Gasteiger partial charge in [0.2, 0.25) is 0 Å². The van der Waals surface area contributed by atoms with Crippen molar-refractivity contribution in [2.24, 2.45) is 0 Å². The van der Waals surface area contributed by atoms with Crippen LogP contribution in [0.3, 0.4) is 0 Å². The average Bonchev–Trinajstić information content (AvgIpc) is 2.61. The van der Waals surface area contributed by atoms with Crippen LogP contribution in [0.1, 0.15) is 18.5 Å². The molecule has 2 N–H and O–H groups in total. The van der Waals surface area contributed by atoms with Gasteiger partial charge in [-0.3, -0.25) is 14.9 Å². The molecular formula is C18H22N3O3S+. The molecule has 1 amide bonds. The first-order valence-electron chi connectivity index (χ1n) is 7.92. The lowest BCUT2D eigenvalue weighted by molar-refractivity contribution is -0.902. The Morgan fingerprint density at radius 2 is 2.00 bits per heavy atom. The predicted molar refractivity (Wildman–Crippen MR) is 100 cm³/mol. The van der Waals surface area contributed by atoms with Gasteiger partial charge in [0.05, 0.1) is 17.7 Å². The van der Waals surface area contributed by atoms with Gasteiger partial charge in [0.1, 0.15) is 6.04 Å². The van der Waals surface area contributed by atoms with Crippen LogP contribution in [0.2, 0.25) is 0 Å². The number of carbonyl (C=O) groups is 1. The molecule has 0 heterocycles. The molecule has 0 fully saturated rings. The van der Waals surface area contributed by atoms with Crippen molar-refractivity contribution >= 4 is 29.0 Å². The number of likely N-dealkylation sites (N-methyl/N-ethyl adjacent to an activating group) is 1. The quantitative estimate of drug-likeness (QED) is 0.452. The van der Waals surface area contributed by atoms with E-state index in [1.54, 1.807) is 23.9 Å². The molecule has 25 heavy (non-hydrogen) atoms. The first-order valence-corrected chi connectivity index (χ1v) is 9.14. The SMILES string of the molecule is CSc1ccccc1NC(=O)C[NH+](C)[C@@H](C)c1cccc([N+](=O)[O-])c1. The summed E-state index contributed by atoms with van der Waals surface area (Å²) >= 11 is 1.58. The molecule has 0 aromatic heterocycles. The van der Waals surface area contributed by atoms with E-state index < -0.39 is 4.92 Å². The molecule has 7 heteroatoms. The lowest BCUT2D eigenvalue weighted by Gasteiger charge is -2.21. The summed E-state index contributed by atoms with van der Waals surface area (Å²) in [6.45, 7) is 2.23. The summed E-state index contributed by atoms with van der Waals surface area (Å²) in [7, 11) is 1.91. The van der Waals surface area contributed by atoms with Gasteiger partial charge in [0.25, 0.3) is 11.6 Å². The van der Waals surface area contributed by atoms with Crippen LogP contribution in [0.15, 0.2) is 53.4 Å². The number of anilines is 1. The van der Waals surface area contributed by atoms with Gasteiger partial charge in [0.15, 0.2) is 6.54 Å². The van der Waals surface area contributed by atoms with Gasteiger partial charge in [-0.05, 0) is 25.3 Å². The Bertz CT molecular complexity index is 767. The van der Waals surface area contributed by atoms with E-state index in [1.807, 2.05) is 50.6 Å². The number of thioether (sulfide) groups is 1. The maximum Gasteiger partial charge on any atom is 0.279 e. The number of para-hydroxylation sites is 1. The number of nitrogens with zero attached hydrogens (tertiary/aromatic N) is 1. The number of carbonyl (C=O) groups excluding carboxylic acids is 1. The van der Waals surface area contributed by atoms with Gasteiger partial charge in [0, 0.05) is 22.6 Å². The van der Waals surface area contributed by atoms with E-state index >= 15 is 0 Å². The number of rotatable bonds is 7. The molecule has 0 saturated heterocycles. The number of nitrogens with one attached hydrogen (secondary N) is 2. The molecule has 0 radical (unpaired) electrons. The Morgan fingerprint density at radius 3 is 2.68 bits per heavy atom. The van der Waals surface area contributed by atoms with E-state index in [2.05, 4.69) is 5.32 Å². The fourth-order valence-electron chi connectivity index (χ4n) is 2.54. The van der Waals surface area contributed by atoms with Crippen molar-refractivity contribution in [2.45, 2.75) is 17.9 Å². The molecule has 0 aliphatic rings. The van der Waals surface area contributed by atoms with E-state index in [0.29, 0.717) is 0 Å². The molecular weight excluding hydrogens is 338 g/mol. The Balaban J connectivity index is 2.03. The minimum absolute atomic E-state index is 0.0403. The van der Waals surface area contributed by atoms with Crippen molar-refractivity contribution in [3.05, 3.63) is 64.2 Å². The molecule has 6 nitrogen and oxygen atoms in total. The van der Waals surface area contributed by atoms with Crippen molar-refractivity contribution in [2.75, 3.05) is 25.2 Å². The first kappa shape index (κ1) is 19.0. The van der Waals surface area contributed by atoms with E-state index in [1.165, 1.54) is 6.07 Å². The number of hydrogen-bond donors (Lipinski definition) is 2. The molecule has 132 valence electrons. The lowest BCUT2D eigenvalue weighted by atomic mass is 10.1. The van der Waals surface area contributed by atoms with Gasteiger partial charge >= 0.3 is 0 Å². The zero-order valence-electron chi connectivity index (χ0n) is 14.5. The fourth-order valence-corrected chi connectivity index (χ4v) is 3.09. The highest BCUT2D eigenvalue weighted by atomic mass is 32.2.